The van der Waals surface area contributed by atoms with Crippen LogP contribution in [0.1, 0.15) is 43.0 Å². The number of carbonyl (C=O) groups is 4. The zero-order valence-electron chi connectivity index (χ0n) is 33.1. The Hall–Kier alpha value is -5.74. The number of alkyl halides is 6. The molecule has 2 amide bonds. The number of piperazine rings is 2. The average Bonchev–Trinajstić information content (AvgIpc) is 3.24. The van der Waals surface area contributed by atoms with Crippen LogP contribution < -0.4 is 9.47 Å². The molecule has 4 aromatic rings. The average molecular weight is 841 g/mol. The maximum atomic E-state index is 12.9. The van der Waals surface area contributed by atoms with Gasteiger partial charge in [-0.3, -0.25) is 29.0 Å². The molecule has 0 aliphatic carbocycles. The summed E-state index contributed by atoms with van der Waals surface area (Å²) in [6.45, 7) is 7.20. The molecule has 2 saturated heterocycles. The molecule has 0 bridgehead atoms. The van der Waals surface area contributed by atoms with E-state index in [2.05, 4.69) is 69.3 Å². The van der Waals surface area contributed by atoms with Gasteiger partial charge in [0.15, 0.2) is 0 Å². The Labute approximate surface area is 344 Å². The maximum absolute atomic E-state index is 12.9. The lowest BCUT2D eigenvalue weighted by Gasteiger charge is -2.44. The van der Waals surface area contributed by atoms with Crippen LogP contribution in [0.2, 0.25) is 0 Å². The van der Waals surface area contributed by atoms with Gasteiger partial charge in [-0.25, -0.2) is 0 Å². The van der Waals surface area contributed by atoms with Gasteiger partial charge in [-0.15, -0.1) is 0 Å². The molecule has 0 spiro atoms. The number of aldehydes is 2. The van der Waals surface area contributed by atoms with E-state index in [4.69, 9.17) is 19.1 Å². The standard InChI is InChI=1S/2C20H22N2O2.2C2HF3O/c1-24-18-9-5-8-16-12-17-14-21(13-15-6-3-2-4-7-15)10-11-22(17)20(23)19(16)18;1-24-18-7-8-19-16(12-18)11-17-14-21(9-10-22(17)20(19)23)13-15-5-3-2-4-6-15;2*3-2(4,5)1-6/h2-9,17H,10-14H2,1H3;2-8,12,17H,9-11,13-14H2,1H3;2*1H/t2*17-;;/m11../s1. The summed E-state index contributed by atoms with van der Waals surface area (Å²) in [6, 6.07) is 33.3. The predicted molar refractivity (Wildman–Crippen MR) is 211 cm³/mol. The normalized spacial score (nSPS) is 18.6. The molecule has 4 aliphatic heterocycles. The molecule has 4 aromatic carbocycles. The number of nitrogens with zero attached hydrogens (tertiary/aromatic N) is 4. The molecule has 2 fully saturated rings. The van der Waals surface area contributed by atoms with Crippen molar-refractivity contribution in [2.75, 3.05) is 53.5 Å². The van der Waals surface area contributed by atoms with E-state index in [-0.39, 0.29) is 23.9 Å². The van der Waals surface area contributed by atoms with Crippen molar-refractivity contribution in [2.24, 2.45) is 0 Å². The third-order valence-electron chi connectivity index (χ3n) is 10.4. The number of benzene rings is 4. The van der Waals surface area contributed by atoms with E-state index < -0.39 is 24.9 Å². The Morgan fingerprint density at radius 3 is 1.55 bits per heavy atom. The van der Waals surface area contributed by atoms with Crippen LogP contribution in [0.15, 0.2) is 97.1 Å². The van der Waals surface area contributed by atoms with E-state index >= 15 is 0 Å². The first-order chi connectivity index (χ1) is 28.6. The zero-order chi connectivity index (χ0) is 43.5. The highest BCUT2D eigenvalue weighted by Gasteiger charge is 2.38. The van der Waals surface area contributed by atoms with Crippen molar-refractivity contribution in [3.8, 4) is 11.5 Å². The second-order valence-electron chi connectivity index (χ2n) is 14.5. The van der Waals surface area contributed by atoms with Crippen LogP contribution in [-0.2, 0) is 35.5 Å². The summed E-state index contributed by atoms with van der Waals surface area (Å²) in [5.74, 6) is 1.82. The molecule has 16 heteroatoms. The Balaban J connectivity index is 0.000000180. The van der Waals surface area contributed by atoms with Crippen molar-refractivity contribution in [1.29, 1.82) is 0 Å². The molecule has 0 aromatic heterocycles. The summed E-state index contributed by atoms with van der Waals surface area (Å²) in [5, 5.41) is 0. The van der Waals surface area contributed by atoms with E-state index in [1.165, 1.54) is 11.1 Å². The molecule has 0 N–H and O–H groups in total. The predicted octanol–water partition coefficient (Wildman–Crippen LogP) is 6.65. The van der Waals surface area contributed by atoms with Crippen molar-refractivity contribution >= 4 is 24.4 Å². The molecule has 10 nitrogen and oxygen atoms in total. The summed E-state index contributed by atoms with van der Waals surface area (Å²) in [6.07, 6.45) is -9.59. The SMILES string of the molecule is COc1ccc2c(c1)C[C@@H]1CN(Cc3ccccc3)CCN1C2=O.COc1cccc2c1C(=O)N1CCN(Cc3ccccc3)C[C@H]1C2.O=CC(F)(F)F.O=CC(F)(F)F. The van der Waals surface area contributed by atoms with Crippen molar-refractivity contribution < 1.29 is 55.0 Å². The number of rotatable bonds is 6. The smallest absolute Gasteiger partial charge is 0.446 e. The summed E-state index contributed by atoms with van der Waals surface area (Å²) in [7, 11) is 3.30. The molecule has 0 radical (unpaired) electrons. The number of carbonyl (C=O) groups excluding carboxylic acids is 4. The summed E-state index contributed by atoms with van der Waals surface area (Å²) < 4.78 is 73.2. The van der Waals surface area contributed by atoms with E-state index in [0.29, 0.717) is 5.75 Å². The van der Waals surface area contributed by atoms with Crippen LogP contribution in [-0.4, -0.2) is 122 Å². The van der Waals surface area contributed by atoms with Crippen LogP contribution in [0.3, 0.4) is 0 Å². The van der Waals surface area contributed by atoms with Crippen LogP contribution in [0, 0.1) is 0 Å². The van der Waals surface area contributed by atoms with Gasteiger partial charge in [0.2, 0.25) is 12.6 Å². The summed E-state index contributed by atoms with van der Waals surface area (Å²) >= 11 is 0. The van der Waals surface area contributed by atoms with E-state index in [9.17, 15) is 35.9 Å². The molecule has 320 valence electrons. The molecule has 8 rings (SSSR count). The highest BCUT2D eigenvalue weighted by Crippen LogP contribution is 2.33. The van der Waals surface area contributed by atoms with Gasteiger partial charge in [0.1, 0.15) is 11.5 Å². The number of methoxy groups -OCH3 is 2. The van der Waals surface area contributed by atoms with Gasteiger partial charge in [0.05, 0.1) is 19.8 Å². The number of hydrogen-bond acceptors (Lipinski definition) is 8. The van der Waals surface area contributed by atoms with Crippen molar-refractivity contribution in [3.05, 3.63) is 130 Å². The number of fused-ring (bicyclic) bond motifs is 4. The number of halogens is 6. The van der Waals surface area contributed by atoms with Gasteiger partial charge >= 0.3 is 12.4 Å². The Morgan fingerprint density at radius 2 is 1.08 bits per heavy atom. The van der Waals surface area contributed by atoms with Crippen LogP contribution >= 0.6 is 0 Å². The Bertz CT molecular complexity index is 2000. The highest BCUT2D eigenvalue weighted by atomic mass is 19.4. The second-order valence-corrected chi connectivity index (χ2v) is 14.5. The minimum absolute atomic E-state index is 0.123. The van der Waals surface area contributed by atoms with Crippen molar-refractivity contribution in [1.82, 2.24) is 19.6 Å². The quantitative estimate of drug-likeness (QED) is 0.157. The molecular weight excluding hydrogens is 794 g/mol. The summed E-state index contributed by atoms with van der Waals surface area (Å²) in [5.41, 5.74) is 6.48. The summed E-state index contributed by atoms with van der Waals surface area (Å²) in [4.78, 5) is 52.1. The van der Waals surface area contributed by atoms with Gasteiger partial charge < -0.3 is 19.3 Å². The van der Waals surface area contributed by atoms with Gasteiger partial charge in [-0.2, -0.15) is 26.3 Å². The fourth-order valence-corrected chi connectivity index (χ4v) is 7.73. The second kappa shape index (κ2) is 20.5. The Kier molecular flexibility index (Phi) is 15.5. The third-order valence-corrected chi connectivity index (χ3v) is 10.4. The van der Waals surface area contributed by atoms with E-state index in [1.54, 1.807) is 14.2 Å². The highest BCUT2D eigenvalue weighted by molar-refractivity contribution is 6.00. The Morgan fingerprint density at radius 1 is 0.600 bits per heavy atom. The molecular formula is C44H46F6N4O6. The lowest BCUT2D eigenvalue weighted by molar-refractivity contribution is -0.156. The van der Waals surface area contributed by atoms with Gasteiger partial charge in [0.25, 0.3) is 11.8 Å². The monoisotopic (exact) mass is 840 g/mol. The molecule has 2 atom stereocenters. The number of hydrogen-bond donors (Lipinski definition) is 0. The van der Waals surface area contributed by atoms with Crippen LogP contribution in [0.25, 0.3) is 0 Å². The topological polar surface area (TPSA) is 99.7 Å². The lowest BCUT2D eigenvalue weighted by atomic mass is 9.91. The first-order valence-electron chi connectivity index (χ1n) is 19.2. The van der Waals surface area contributed by atoms with Crippen molar-refractivity contribution in [2.45, 2.75) is 50.4 Å². The maximum Gasteiger partial charge on any atom is 0.446 e. The molecule has 60 heavy (non-hydrogen) atoms. The molecule has 4 aliphatic rings. The zero-order valence-corrected chi connectivity index (χ0v) is 33.1. The largest absolute Gasteiger partial charge is 0.497 e. The van der Waals surface area contributed by atoms with Gasteiger partial charge in [0, 0.05) is 70.0 Å². The van der Waals surface area contributed by atoms with Crippen LogP contribution in [0.5, 0.6) is 11.5 Å². The lowest BCUT2D eigenvalue weighted by Crippen LogP contribution is -2.57. The first kappa shape index (κ1) is 45.3. The molecule has 4 heterocycles. The van der Waals surface area contributed by atoms with Crippen LogP contribution in [0.4, 0.5) is 26.3 Å². The van der Waals surface area contributed by atoms with Crippen molar-refractivity contribution in [3.63, 3.8) is 0 Å². The first-order valence-corrected chi connectivity index (χ1v) is 19.2. The van der Waals surface area contributed by atoms with Gasteiger partial charge in [-0.05, 0) is 59.4 Å². The van der Waals surface area contributed by atoms with E-state index in [1.807, 2.05) is 47.4 Å². The fourth-order valence-electron chi connectivity index (χ4n) is 7.73. The molecule has 0 unspecified atom stereocenters. The third kappa shape index (κ3) is 12.4. The van der Waals surface area contributed by atoms with E-state index in [0.717, 1.165) is 93.2 Å². The number of amides is 2. The fraction of sp³-hybridized carbons (Fsp3) is 0.364. The number of ether oxygens (including phenoxy) is 2. The minimum Gasteiger partial charge on any atom is -0.497 e. The van der Waals surface area contributed by atoms with Gasteiger partial charge in [-0.1, -0.05) is 72.8 Å². The molecule has 0 saturated carbocycles. The minimum atomic E-state index is -4.64.